The van der Waals surface area contributed by atoms with Crippen LogP contribution >= 0.6 is 0 Å². The zero-order valence-electron chi connectivity index (χ0n) is 13.9. The monoisotopic (exact) mass is 360 g/mol. The van der Waals surface area contributed by atoms with Gasteiger partial charge >= 0.3 is 0 Å². The van der Waals surface area contributed by atoms with E-state index in [4.69, 9.17) is 9.47 Å². The molecule has 132 valence electrons. The molecule has 25 heavy (non-hydrogen) atoms. The zero-order chi connectivity index (χ0) is 17.4. The zero-order valence-corrected chi connectivity index (χ0v) is 14.8. The van der Waals surface area contributed by atoms with Crippen LogP contribution < -0.4 is 14.2 Å². The molecule has 1 aliphatic carbocycles. The van der Waals surface area contributed by atoms with Crippen molar-refractivity contribution in [2.45, 2.75) is 25.8 Å². The summed E-state index contributed by atoms with van der Waals surface area (Å²) in [5.74, 6) is 1.87. The van der Waals surface area contributed by atoms with Crippen molar-refractivity contribution in [2.75, 3.05) is 12.5 Å². The van der Waals surface area contributed by atoms with Crippen molar-refractivity contribution in [2.24, 2.45) is 5.92 Å². The Morgan fingerprint density at radius 1 is 1.16 bits per heavy atom. The van der Waals surface area contributed by atoms with Crippen LogP contribution in [0.4, 0.5) is 0 Å². The third-order valence-corrected chi connectivity index (χ3v) is 5.98. The van der Waals surface area contributed by atoms with E-state index >= 15 is 0 Å². The average molecular weight is 360 g/mol. The van der Waals surface area contributed by atoms with Gasteiger partial charge in [-0.2, -0.15) is 0 Å². The van der Waals surface area contributed by atoms with Crippen molar-refractivity contribution in [1.82, 2.24) is 9.71 Å². The van der Waals surface area contributed by atoms with E-state index in [-0.39, 0.29) is 18.6 Å². The molecule has 2 heterocycles. The molecule has 1 atom stereocenters. The van der Waals surface area contributed by atoms with Crippen LogP contribution in [0.5, 0.6) is 11.5 Å². The fraction of sp³-hybridized carbons (Fsp3) is 0.389. The van der Waals surface area contributed by atoms with Crippen LogP contribution in [0.2, 0.25) is 0 Å². The summed E-state index contributed by atoms with van der Waals surface area (Å²) in [5.41, 5.74) is 2.79. The van der Waals surface area contributed by atoms with E-state index in [0.29, 0.717) is 11.7 Å². The fourth-order valence-corrected chi connectivity index (χ4v) is 3.89. The molecule has 0 saturated heterocycles. The van der Waals surface area contributed by atoms with Gasteiger partial charge < -0.3 is 9.47 Å². The van der Waals surface area contributed by atoms with E-state index in [1.165, 1.54) is 0 Å². The minimum atomic E-state index is -3.27. The first kappa shape index (κ1) is 16.4. The maximum absolute atomic E-state index is 12.0. The minimum absolute atomic E-state index is 0.0749. The molecule has 1 N–H and O–H groups in total. The Hall–Kier alpha value is -2.12. The Labute approximate surface area is 147 Å². The third kappa shape index (κ3) is 3.48. The minimum Gasteiger partial charge on any atom is -0.454 e. The molecule has 0 spiro atoms. The number of ether oxygens (including phenoxy) is 2. The number of pyridine rings is 1. The summed E-state index contributed by atoms with van der Waals surface area (Å²) < 4.78 is 37.7. The van der Waals surface area contributed by atoms with Gasteiger partial charge in [0.1, 0.15) is 0 Å². The molecule has 1 aliphatic heterocycles. The van der Waals surface area contributed by atoms with Gasteiger partial charge in [-0.3, -0.25) is 4.98 Å². The molecule has 1 saturated carbocycles. The van der Waals surface area contributed by atoms with Crippen LogP contribution in [-0.4, -0.2) is 25.9 Å². The molecule has 0 amide bonds. The second-order valence-corrected chi connectivity index (χ2v) is 8.45. The average Bonchev–Trinajstić information content (AvgIpc) is 3.36. The highest BCUT2D eigenvalue weighted by Crippen LogP contribution is 2.42. The normalized spacial score (nSPS) is 17.5. The summed E-state index contributed by atoms with van der Waals surface area (Å²) in [4.78, 5) is 4.33. The molecule has 1 fully saturated rings. The lowest BCUT2D eigenvalue weighted by Crippen LogP contribution is -2.31. The number of sulfonamides is 1. The summed E-state index contributed by atoms with van der Waals surface area (Å²) in [7, 11) is -3.27. The van der Waals surface area contributed by atoms with Crippen LogP contribution in [0.1, 0.15) is 31.4 Å². The van der Waals surface area contributed by atoms with Crippen molar-refractivity contribution < 1.29 is 17.9 Å². The number of hydrogen-bond donors (Lipinski definition) is 1. The van der Waals surface area contributed by atoms with Crippen molar-refractivity contribution in [3.8, 4) is 22.6 Å². The molecule has 1 aromatic carbocycles. The number of nitrogens with one attached hydrogen (secondary N) is 1. The Bertz CT molecular complexity index is 894. The summed E-state index contributed by atoms with van der Waals surface area (Å²) in [6, 6.07) is 7.54. The molecule has 1 aromatic heterocycles. The van der Waals surface area contributed by atoms with Crippen LogP contribution in [0, 0.1) is 5.92 Å². The van der Waals surface area contributed by atoms with Gasteiger partial charge in [0, 0.05) is 18.0 Å². The number of nitrogens with zero attached hydrogens (tertiary/aromatic N) is 1. The number of hydrogen-bond acceptors (Lipinski definition) is 5. The third-order valence-electron chi connectivity index (χ3n) is 4.60. The Balaban J connectivity index is 1.66. The molecule has 2 aliphatic rings. The maximum atomic E-state index is 12.0. The Morgan fingerprint density at radius 2 is 1.96 bits per heavy atom. The standard InChI is InChI=1S/C18H20N2O4S/c1-2-25(21,22)20-18(12-3-4-12)15-7-14(9-19-10-15)13-5-6-16-17(8-13)24-11-23-16/h5-10,12,18,20H,2-4,11H2,1H3. The number of aromatic nitrogens is 1. The van der Waals surface area contributed by atoms with Crippen molar-refractivity contribution in [3.63, 3.8) is 0 Å². The van der Waals surface area contributed by atoms with Crippen LogP contribution in [-0.2, 0) is 10.0 Å². The molecule has 6 nitrogen and oxygen atoms in total. The number of rotatable bonds is 6. The summed E-state index contributed by atoms with van der Waals surface area (Å²) in [6.07, 6.45) is 5.59. The first-order chi connectivity index (χ1) is 12.1. The van der Waals surface area contributed by atoms with Gasteiger partial charge in [-0.05, 0) is 55.0 Å². The largest absolute Gasteiger partial charge is 0.454 e. The van der Waals surface area contributed by atoms with Gasteiger partial charge in [-0.15, -0.1) is 0 Å². The van der Waals surface area contributed by atoms with Crippen LogP contribution in [0.25, 0.3) is 11.1 Å². The van der Waals surface area contributed by atoms with Crippen molar-refractivity contribution in [1.29, 1.82) is 0 Å². The summed E-state index contributed by atoms with van der Waals surface area (Å²) >= 11 is 0. The molecule has 2 aromatic rings. The fourth-order valence-electron chi connectivity index (χ4n) is 3.00. The second kappa shape index (κ2) is 6.31. The molecular weight excluding hydrogens is 340 g/mol. The molecule has 0 bridgehead atoms. The second-order valence-electron chi connectivity index (χ2n) is 6.41. The number of fused-ring (bicyclic) bond motifs is 1. The lowest BCUT2D eigenvalue weighted by molar-refractivity contribution is 0.174. The van der Waals surface area contributed by atoms with E-state index in [1.807, 2.05) is 24.3 Å². The summed E-state index contributed by atoms with van der Waals surface area (Å²) in [6.45, 7) is 1.88. The smallest absolute Gasteiger partial charge is 0.231 e. The topological polar surface area (TPSA) is 77.5 Å². The molecule has 0 radical (unpaired) electrons. The SMILES string of the molecule is CCS(=O)(=O)NC(c1cncc(-c2ccc3c(c2)OCO3)c1)C1CC1. The van der Waals surface area contributed by atoms with E-state index < -0.39 is 10.0 Å². The molecular formula is C18H20N2O4S. The molecule has 4 rings (SSSR count). The maximum Gasteiger partial charge on any atom is 0.231 e. The Morgan fingerprint density at radius 3 is 2.72 bits per heavy atom. The predicted molar refractivity (Wildman–Crippen MR) is 93.9 cm³/mol. The van der Waals surface area contributed by atoms with Gasteiger partial charge in [0.15, 0.2) is 11.5 Å². The highest BCUT2D eigenvalue weighted by molar-refractivity contribution is 7.89. The Kier molecular flexibility index (Phi) is 4.13. The lowest BCUT2D eigenvalue weighted by Gasteiger charge is -2.18. The van der Waals surface area contributed by atoms with Crippen LogP contribution in [0.3, 0.4) is 0 Å². The molecule has 1 unspecified atom stereocenters. The van der Waals surface area contributed by atoms with E-state index in [1.54, 1.807) is 19.3 Å². The lowest BCUT2D eigenvalue weighted by atomic mass is 10.0. The van der Waals surface area contributed by atoms with Gasteiger partial charge in [0.05, 0.1) is 11.8 Å². The van der Waals surface area contributed by atoms with E-state index in [2.05, 4.69) is 9.71 Å². The van der Waals surface area contributed by atoms with Crippen LogP contribution in [0.15, 0.2) is 36.7 Å². The van der Waals surface area contributed by atoms with E-state index in [9.17, 15) is 8.42 Å². The van der Waals surface area contributed by atoms with Gasteiger partial charge in [0.25, 0.3) is 0 Å². The van der Waals surface area contributed by atoms with Crippen molar-refractivity contribution in [3.05, 3.63) is 42.2 Å². The molecule has 7 heteroatoms. The van der Waals surface area contributed by atoms with Crippen molar-refractivity contribution >= 4 is 10.0 Å². The van der Waals surface area contributed by atoms with Gasteiger partial charge in [-0.1, -0.05) is 6.07 Å². The number of benzene rings is 1. The highest BCUT2D eigenvalue weighted by atomic mass is 32.2. The summed E-state index contributed by atoms with van der Waals surface area (Å²) in [5, 5.41) is 0. The van der Waals surface area contributed by atoms with Gasteiger partial charge in [-0.25, -0.2) is 13.1 Å². The quantitative estimate of drug-likeness (QED) is 0.857. The predicted octanol–water partition coefficient (Wildman–Crippen LogP) is 2.87. The highest BCUT2D eigenvalue weighted by Gasteiger charge is 2.35. The van der Waals surface area contributed by atoms with E-state index in [0.717, 1.165) is 35.3 Å². The first-order valence-electron chi connectivity index (χ1n) is 8.41. The van der Waals surface area contributed by atoms with Gasteiger partial charge in [0.2, 0.25) is 16.8 Å². The first-order valence-corrected chi connectivity index (χ1v) is 10.1.